The van der Waals surface area contributed by atoms with Crippen LogP contribution in [0.2, 0.25) is 0 Å². The van der Waals surface area contributed by atoms with Gasteiger partial charge in [0.05, 0.1) is 30.6 Å². The zero-order valence-electron chi connectivity index (χ0n) is 11.8. The van der Waals surface area contributed by atoms with Crippen LogP contribution in [0, 0.1) is 0 Å². The number of hydrogen-bond donors (Lipinski definition) is 1. The van der Waals surface area contributed by atoms with Gasteiger partial charge in [0.25, 0.3) is 0 Å². The number of aromatic nitrogens is 1. The third-order valence-corrected chi connectivity index (χ3v) is 6.06. The third-order valence-electron chi connectivity index (χ3n) is 4.89. The Morgan fingerprint density at radius 3 is 3.00 bits per heavy atom. The second-order valence-electron chi connectivity index (χ2n) is 6.17. The van der Waals surface area contributed by atoms with Crippen molar-refractivity contribution in [3.8, 4) is 0 Å². The van der Waals surface area contributed by atoms with Crippen molar-refractivity contribution >= 4 is 16.5 Å². The van der Waals surface area contributed by atoms with E-state index in [-0.39, 0.29) is 6.10 Å². The van der Waals surface area contributed by atoms with Gasteiger partial charge in [-0.3, -0.25) is 0 Å². The predicted molar refractivity (Wildman–Crippen MR) is 79.4 cm³/mol. The van der Waals surface area contributed by atoms with E-state index < -0.39 is 0 Å². The minimum atomic E-state index is -0.341. The Kier molecular flexibility index (Phi) is 3.44. The molecule has 1 aliphatic heterocycles. The SMILES string of the molecule is OC1CCCc2sc(N3CCOC4CCCCC43)nc21. The Bertz CT molecular complexity index is 488. The summed E-state index contributed by atoms with van der Waals surface area (Å²) >= 11 is 1.80. The molecule has 5 heteroatoms. The number of morpholine rings is 1. The fourth-order valence-electron chi connectivity index (χ4n) is 3.84. The molecule has 2 aliphatic carbocycles. The molecule has 1 N–H and O–H groups in total. The van der Waals surface area contributed by atoms with Crippen molar-refractivity contribution in [2.75, 3.05) is 18.1 Å². The lowest BCUT2D eigenvalue weighted by atomic mass is 9.90. The summed E-state index contributed by atoms with van der Waals surface area (Å²) in [4.78, 5) is 8.55. The highest BCUT2D eigenvalue weighted by Crippen LogP contribution is 2.39. The van der Waals surface area contributed by atoms with E-state index in [1.165, 1.54) is 30.6 Å². The highest BCUT2D eigenvalue weighted by molar-refractivity contribution is 7.15. The summed E-state index contributed by atoms with van der Waals surface area (Å²) in [5, 5.41) is 11.2. The van der Waals surface area contributed by atoms with Gasteiger partial charge in [-0.15, -0.1) is 11.3 Å². The van der Waals surface area contributed by atoms with Gasteiger partial charge in [-0.1, -0.05) is 12.8 Å². The van der Waals surface area contributed by atoms with Crippen LogP contribution in [-0.2, 0) is 11.2 Å². The fourth-order valence-corrected chi connectivity index (χ4v) is 5.08. The van der Waals surface area contributed by atoms with E-state index in [1.54, 1.807) is 11.3 Å². The predicted octanol–water partition coefficient (Wildman–Crippen LogP) is 2.66. The maximum atomic E-state index is 10.1. The van der Waals surface area contributed by atoms with Crippen molar-refractivity contribution in [2.45, 2.75) is 63.2 Å². The molecule has 0 spiro atoms. The second-order valence-corrected chi connectivity index (χ2v) is 7.23. The number of nitrogens with zero attached hydrogens (tertiary/aromatic N) is 2. The smallest absolute Gasteiger partial charge is 0.186 e. The van der Waals surface area contributed by atoms with Gasteiger partial charge in [-0.05, 0) is 32.1 Å². The van der Waals surface area contributed by atoms with E-state index in [2.05, 4.69) is 4.90 Å². The monoisotopic (exact) mass is 294 g/mol. The molecule has 3 aliphatic rings. The zero-order valence-corrected chi connectivity index (χ0v) is 12.6. The van der Waals surface area contributed by atoms with Gasteiger partial charge in [0.15, 0.2) is 5.13 Å². The molecule has 110 valence electrons. The molecule has 4 nitrogen and oxygen atoms in total. The first-order chi connectivity index (χ1) is 9.83. The van der Waals surface area contributed by atoms with Crippen molar-refractivity contribution in [3.05, 3.63) is 10.6 Å². The minimum absolute atomic E-state index is 0.341. The molecule has 3 unspecified atom stereocenters. The number of hydrogen-bond acceptors (Lipinski definition) is 5. The first-order valence-electron chi connectivity index (χ1n) is 7.89. The Labute approximate surface area is 123 Å². The number of ether oxygens (including phenoxy) is 1. The van der Waals surface area contributed by atoms with Crippen LogP contribution in [0.1, 0.15) is 55.2 Å². The van der Waals surface area contributed by atoms with Crippen LogP contribution in [0.4, 0.5) is 5.13 Å². The van der Waals surface area contributed by atoms with E-state index in [9.17, 15) is 5.11 Å². The van der Waals surface area contributed by atoms with Crippen molar-refractivity contribution in [2.24, 2.45) is 0 Å². The van der Waals surface area contributed by atoms with Crippen molar-refractivity contribution in [1.82, 2.24) is 4.98 Å². The number of aryl methyl sites for hydroxylation is 1. The molecule has 0 radical (unpaired) electrons. The fraction of sp³-hybridized carbons (Fsp3) is 0.800. The largest absolute Gasteiger partial charge is 0.387 e. The molecule has 2 heterocycles. The summed E-state index contributed by atoms with van der Waals surface area (Å²) in [6.07, 6.45) is 8.09. The molecule has 0 amide bonds. The second kappa shape index (κ2) is 5.28. The molecular weight excluding hydrogens is 272 g/mol. The molecule has 3 atom stereocenters. The molecule has 20 heavy (non-hydrogen) atoms. The van der Waals surface area contributed by atoms with Gasteiger partial charge in [-0.25, -0.2) is 4.98 Å². The van der Waals surface area contributed by atoms with Gasteiger partial charge in [-0.2, -0.15) is 0 Å². The highest BCUT2D eigenvalue weighted by Gasteiger charge is 2.36. The number of anilines is 1. The van der Waals surface area contributed by atoms with Gasteiger partial charge in [0, 0.05) is 11.4 Å². The van der Waals surface area contributed by atoms with Crippen LogP contribution < -0.4 is 4.90 Å². The van der Waals surface area contributed by atoms with Gasteiger partial charge < -0.3 is 14.7 Å². The lowest BCUT2D eigenvalue weighted by molar-refractivity contribution is -0.00871. The van der Waals surface area contributed by atoms with Crippen LogP contribution in [-0.4, -0.2) is 35.4 Å². The first-order valence-corrected chi connectivity index (χ1v) is 8.70. The summed E-state index contributed by atoms with van der Waals surface area (Å²) < 4.78 is 5.94. The molecule has 2 fully saturated rings. The van der Waals surface area contributed by atoms with E-state index in [1.807, 2.05) is 0 Å². The topological polar surface area (TPSA) is 45.6 Å². The number of fused-ring (bicyclic) bond motifs is 2. The molecule has 1 aromatic heterocycles. The lowest BCUT2D eigenvalue weighted by Crippen LogP contribution is -2.52. The molecule has 1 saturated carbocycles. The summed E-state index contributed by atoms with van der Waals surface area (Å²) in [5.41, 5.74) is 0.954. The third kappa shape index (κ3) is 2.16. The molecule has 4 rings (SSSR count). The molecule has 0 bridgehead atoms. The zero-order chi connectivity index (χ0) is 13.5. The van der Waals surface area contributed by atoms with Gasteiger partial charge >= 0.3 is 0 Å². The normalized spacial score (nSPS) is 33.6. The summed E-state index contributed by atoms with van der Waals surface area (Å²) in [5.74, 6) is 0. The summed E-state index contributed by atoms with van der Waals surface area (Å²) in [7, 11) is 0. The molecule has 1 saturated heterocycles. The van der Waals surface area contributed by atoms with Crippen LogP contribution >= 0.6 is 11.3 Å². The summed E-state index contributed by atoms with van der Waals surface area (Å²) in [6, 6.07) is 0.502. The Morgan fingerprint density at radius 2 is 2.10 bits per heavy atom. The quantitative estimate of drug-likeness (QED) is 0.865. The molecular formula is C15H22N2O2S. The number of aliphatic hydroxyl groups excluding tert-OH is 1. The van der Waals surface area contributed by atoms with E-state index in [0.717, 1.165) is 43.2 Å². The average Bonchev–Trinajstić information content (AvgIpc) is 2.92. The van der Waals surface area contributed by atoms with Gasteiger partial charge in [0.2, 0.25) is 0 Å². The van der Waals surface area contributed by atoms with Gasteiger partial charge in [0.1, 0.15) is 0 Å². The average molecular weight is 294 g/mol. The van der Waals surface area contributed by atoms with Crippen LogP contribution in [0.15, 0.2) is 0 Å². The number of thiazole rings is 1. The molecule has 0 aromatic carbocycles. The Balaban J connectivity index is 1.63. The minimum Gasteiger partial charge on any atom is -0.387 e. The standard InChI is InChI=1S/C15H22N2O2S/c18-11-5-3-7-13-14(11)16-15(20-13)17-8-9-19-12-6-2-1-4-10(12)17/h10-12,18H,1-9H2. The Morgan fingerprint density at radius 1 is 1.20 bits per heavy atom. The number of aliphatic hydroxyl groups is 1. The maximum Gasteiger partial charge on any atom is 0.186 e. The maximum absolute atomic E-state index is 10.1. The van der Waals surface area contributed by atoms with Crippen molar-refractivity contribution in [1.29, 1.82) is 0 Å². The first kappa shape index (κ1) is 13.0. The molecule has 1 aromatic rings. The van der Waals surface area contributed by atoms with Crippen LogP contribution in [0.25, 0.3) is 0 Å². The number of rotatable bonds is 1. The summed E-state index contributed by atoms with van der Waals surface area (Å²) in [6.45, 7) is 1.76. The van der Waals surface area contributed by atoms with E-state index >= 15 is 0 Å². The van der Waals surface area contributed by atoms with E-state index in [0.29, 0.717) is 12.1 Å². The van der Waals surface area contributed by atoms with Crippen LogP contribution in [0.3, 0.4) is 0 Å². The Hall–Kier alpha value is -0.650. The van der Waals surface area contributed by atoms with Crippen molar-refractivity contribution in [3.63, 3.8) is 0 Å². The lowest BCUT2D eigenvalue weighted by Gasteiger charge is -2.43. The highest BCUT2D eigenvalue weighted by atomic mass is 32.1. The van der Waals surface area contributed by atoms with Crippen molar-refractivity contribution < 1.29 is 9.84 Å². The van der Waals surface area contributed by atoms with E-state index in [4.69, 9.17) is 9.72 Å². The van der Waals surface area contributed by atoms with Crippen LogP contribution in [0.5, 0.6) is 0 Å².